The van der Waals surface area contributed by atoms with E-state index >= 15 is 0 Å². The van der Waals surface area contributed by atoms with E-state index in [1.54, 1.807) is 0 Å². The largest absolute Gasteiger partial charge is 0.326 e. The minimum absolute atomic E-state index is 0.285. The molecule has 1 fully saturated rings. The first kappa shape index (κ1) is 16.2. The van der Waals surface area contributed by atoms with Gasteiger partial charge in [-0.15, -0.1) is 0 Å². The summed E-state index contributed by atoms with van der Waals surface area (Å²) in [5, 5.41) is 0. The van der Waals surface area contributed by atoms with Gasteiger partial charge in [-0.2, -0.15) is 0 Å². The number of nitrogens with two attached hydrogens (primary N) is 1. The summed E-state index contributed by atoms with van der Waals surface area (Å²) in [7, 11) is 0. The Kier molecular flexibility index (Phi) is 5.14. The number of benzene rings is 2. The van der Waals surface area contributed by atoms with Crippen molar-refractivity contribution in [2.75, 3.05) is 0 Å². The van der Waals surface area contributed by atoms with Crippen molar-refractivity contribution in [3.63, 3.8) is 0 Å². The first-order chi connectivity index (χ1) is 11.2. The molecule has 1 aliphatic rings. The second kappa shape index (κ2) is 7.29. The van der Waals surface area contributed by atoms with E-state index in [1.165, 1.54) is 24.0 Å². The molecule has 0 saturated heterocycles. The third-order valence-corrected chi connectivity index (χ3v) is 5.37. The Morgan fingerprint density at radius 1 is 0.826 bits per heavy atom. The van der Waals surface area contributed by atoms with E-state index in [1.807, 2.05) is 0 Å². The van der Waals surface area contributed by atoms with Crippen LogP contribution in [0.2, 0.25) is 0 Å². The van der Waals surface area contributed by atoms with Crippen molar-refractivity contribution in [1.29, 1.82) is 0 Å². The predicted molar refractivity (Wildman–Crippen MR) is 97.2 cm³/mol. The molecule has 2 N–H and O–H groups in total. The molecule has 4 atom stereocenters. The second-order valence-electron chi connectivity index (χ2n) is 6.78. The lowest BCUT2D eigenvalue weighted by molar-refractivity contribution is 0.0874. The van der Waals surface area contributed by atoms with E-state index < -0.39 is 0 Å². The smallest absolute Gasteiger partial charge is 0.0329 e. The van der Waals surface area contributed by atoms with Crippen molar-refractivity contribution in [2.24, 2.45) is 5.73 Å². The summed E-state index contributed by atoms with van der Waals surface area (Å²) in [4.78, 5) is 2.64. The van der Waals surface area contributed by atoms with E-state index in [-0.39, 0.29) is 6.04 Å². The highest BCUT2D eigenvalue weighted by atomic mass is 15.2. The Balaban J connectivity index is 1.93. The molecule has 2 aromatic carbocycles. The fourth-order valence-corrected chi connectivity index (χ4v) is 4.06. The molecule has 0 aromatic heterocycles. The van der Waals surface area contributed by atoms with Crippen molar-refractivity contribution in [3.05, 3.63) is 71.8 Å². The number of hydrogen-bond donors (Lipinski definition) is 1. The van der Waals surface area contributed by atoms with Gasteiger partial charge in [0, 0.05) is 24.2 Å². The molecule has 2 heteroatoms. The standard InChI is InChI=1S/C21H28N2/c1-16(18-10-5-3-6-11-18)23(21-15-9-14-20(21)22)17(2)19-12-7-4-8-13-19/h3-8,10-13,16-17,20-21H,9,14-15,22H2,1-2H3/t16?,17?,20-,21-/m1/s1. The van der Waals surface area contributed by atoms with Crippen molar-refractivity contribution in [3.8, 4) is 0 Å². The first-order valence-corrected chi connectivity index (χ1v) is 8.81. The Hall–Kier alpha value is -1.64. The van der Waals surface area contributed by atoms with E-state index in [2.05, 4.69) is 79.4 Å². The van der Waals surface area contributed by atoms with Gasteiger partial charge < -0.3 is 5.73 Å². The summed E-state index contributed by atoms with van der Waals surface area (Å²) in [5.74, 6) is 0. The fraction of sp³-hybridized carbons (Fsp3) is 0.429. The van der Waals surface area contributed by atoms with E-state index in [0.29, 0.717) is 18.1 Å². The van der Waals surface area contributed by atoms with Crippen molar-refractivity contribution in [1.82, 2.24) is 4.90 Å². The monoisotopic (exact) mass is 308 g/mol. The van der Waals surface area contributed by atoms with Crippen molar-refractivity contribution in [2.45, 2.75) is 57.3 Å². The van der Waals surface area contributed by atoms with Crippen LogP contribution in [0.1, 0.15) is 56.3 Å². The topological polar surface area (TPSA) is 29.3 Å². The van der Waals surface area contributed by atoms with Crippen LogP contribution in [0.15, 0.2) is 60.7 Å². The van der Waals surface area contributed by atoms with Crippen LogP contribution in [0, 0.1) is 0 Å². The molecular weight excluding hydrogens is 280 g/mol. The van der Waals surface area contributed by atoms with Gasteiger partial charge in [-0.3, -0.25) is 4.90 Å². The van der Waals surface area contributed by atoms with Gasteiger partial charge in [-0.05, 0) is 37.8 Å². The van der Waals surface area contributed by atoms with Crippen LogP contribution in [0.25, 0.3) is 0 Å². The average Bonchev–Trinajstić information content (AvgIpc) is 3.02. The molecule has 2 unspecified atom stereocenters. The molecule has 0 amide bonds. The maximum absolute atomic E-state index is 6.47. The van der Waals surface area contributed by atoms with Crippen molar-refractivity contribution >= 4 is 0 Å². The molecule has 1 aliphatic carbocycles. The highest BCUT2D eigenvalue weighted by Crippen LogP contribution is 2.37. The minimum atomic E-state index is 0.285. The SMILES string of the molecule is CC(c1ccccc1)N(C(C)c1ccccc1)[C@@H]1CCC[C@H]1N. The predicted octanol–water partition coefficient (Wildman–Crippen LogP) is 4.69. The maximum atomic E-state index is 6.47. The lowest BCUT2D eigenvalue weighted by atomic mass is 9.97. The average molecular weight is 308 g/mol. The summed E-state index contributed by atoms with van der Waals surface area (Å²) in [6, 6.07) is 23.1. The summed E-state index contributed by atoms with van der Waals surface area (Å²) >= 11 is 0. The zero-order chi connectivity index (χ0) is 16.2. The molecule has 2 aromatic rings. The van der Waals surface area contributed by atoms with Crippen LogP contribution in [0.3, 0.4) is 0 Å². The quantitative estimate of drug-likeness (QED) is 0.868. The van der Waals surface area contributed by atoms with E-state index in [9.17, 15) is 0 Å². The Labute approximate surface area is 140 Å². The first-order valence-electron chi connectivity index (χ1n) is 8.81. The Bertz CT molecular complexity index is 550. The lowest BCUT2D eigenvalue weighted by Crippen LogP contribution is -2.46. The molecule has 1 saturated carbocycles. The zero-order valence-electron chi connectivity index (χ0n) is 14.2. The molecule has 0 radical (unpaired) electrons. The molecule has 122 valence electrons. The zero-order valence-corrected chi connectivity index (χ0v) is 14.2. The summed E-state index contributed by atoms with van der Waals surface area (Å²) in [5.41, 5.74) is 9.21. The van der Waals surface area contributed by atoms with Gasteiger partial charge in [0.15, 0.2) is 0 Å². The van der Waals surface area contributed by atoms with Gasteiger partial charge >= 0.3 is 0 Å². The third-order valence-electron chi connectivity index (χ3n) is 5.37. The summed E-state index contributed by atoms with van der Waals surface area (Å²) in [6.07, 6.45) is 3.59. The van der Waals surface area contributed by atoms with Crippen LogP contribution in [-0.4, -0.2) is 17.0 Å². The highest BCUT2D eigenvalue weighted by Gasteiger charge is 2.35. The van der Waals surface area contributed by atoms with Gasteiger partial charge in [-0.1, -0.05) is 67.1 Å². The summed E-state index contributed by atoms with van der Waals surface area (Å²) < 4.78 is 0. The van der Waals surface area contributed by atoms with Crippen molar-refractivity contribution < 1.29 is 0 Å². The van der Waals surface area contributed by atoms with Gasteiger partial charge in [0.05, 0.1) is 0 Å². The van der Waals surface area contributed by atoms with Crippen LogP contribution in [-0.2, 0) is 0 Å². The van der Waals surface area contributed by atoms with Crippen LogP contribution >= 0.6 is 0 Å². The van der Waals surface area contributed by atoms with Crippen LogP contribution < -0.4 is 5.73 Å². The maximum Gasteiger partial charge on any atom is 0.0329 e. The molecule has 3 rings (SSSR count). The fourth-order valence-electron chi connectivity index (χ4n) is 4.06. The third kappa shape index (κ3) is 3.49. The lowest BCUT2D eigenvalue weighted by Gasteiger charge is -2.41. The van der Waals surface area contributed by atoms with E-state index in [0.717, 1.165) is 6.42 Å². The number of hydrogen-bond acceptors (Lipinski definition) is 2. The molecule has 23 heavy (non-hydrogen) atoms. The van der Waals surface area contributed by atoms with Crippen LogP contribution in [0.5, 0.6) is 0 Å². The van der Waals surface area contributed by atoms with Gasteiger partial charge in [0.1, 0.15) is 0 Å². The molecule has 0 bridgehead atoms. The number of nitrogens with zero attached hydrogens (tertiary/aromatic N) is 1. The molecular formula is C21H28N2. The molecule has 2 nitrogen and oxygen atoms in total. The van der Waals surface area contributed by atoms with E-state index in [4.69, 9.17) is 5.73 Å². The van der Waals surface area contributed by atoms with Gasteiger partial charge in [0.25, 0.3) is 0 Å². The molecule has 0 spiro atoms. The Morgan fingerprint density at radius 2 is 1.30 bits per heavy atom. The summed E-state index contributed by atoms with van der Waals surface area (Å²) in [6.45, 7) is 4.64. The van der Waals surface area contributed by atoms with Gasteiger partial charge in [0.2, 0.25) is 0 Å². The molecule has 0 heterocycles. The van der Waals surface area contributed by atoms with Gasteiger partial charge in [-0.25, -0.2) is 0 Å². The van der Waals surface area contributed by atoms with Crippen LogP contribution in [0.4, 0.5) is 0 Å². The second-order valence-corrected chi connectivity index (χ2v) is 6.78. The molecule has 0 aliphatic heterocycles. The Morgan fingerprint density at radius 3 is 1.70 bits per heavy atom. The number of rotatable bonds is 5. The minimum Gasteiger partial charge on any atom is -0.326 e. The highest BCUT2D eigenvalue weighted by molar-refractivity contribution is 5.23. The normalized spacial score (nSPS) is 23.8.